The molecule has 1 aromatic rings. The molecule has 0 saturated heterocycles. The van der Waals surface area contributed by atoms with Crippen LogP contribution in [0.4, 0.5) is 0 Å². The number of para-hydroxylation sites is 1. The van der Waals surface area contributed by atoms with Crippen LogP contribution in [0.25, 0.3) is 0 Å². The molecule has 0 aliphatic heterocycles. The normalized spacial score (nSPS) is 10.9. The molecular weight excluding hydrogens is 232 g/mol. The standard InChI is InChI=1S/C13H20N2OS/c1-10(2)15(9-13(14)17)8-11-6-4-5-7-12(11)16-3/h4-7,10H,8-9H2,1-3H3,(H2,14,17). The summed E-state index contributed by atoms with van der Waals surface area (Å²) in [5.74, 6) is 0.904. The lowest BCUT2D eigenvalue weighted by molar-refractivity contribution is 0.241. The van der Waals surface area contributed by atoms with Gasteiger partial charge in [-0.05, 0) is 19.9 Å². The molecule has 0 aliphatic rings. The quantitative estimate of drug-likeness (QED) is 0.788. The zero-order chi connectivity index (χ0) is 12.8. The molecule has 1 aromatic carbocycles. The monoisotopic (exact) mass is 252 g/mol. The molecule has 0 saturated carbocycles. The minimum Gasteiger partial charge on any atom is -0.496 e. The van der Waals surface area contributed by atoms with Crippen LogP contribution in [0.1, 0.15) is 19.4 Å². The summed E-state index contributed by atoms with van der Waals surface area (Å²) in [6, 6.07) is 8.40. The Morgan fingerprint density at radius 2 is 2.06 bits per heavy atom. The van der Waals surface area contributed by atoms with E-state index >= 15 is 0 Å². The van der Waals surface area contributed by atoms with E-state index in [1.54, 1.807) is 7.11 Å². The summed E-state index contributed by atoms with van der Waals surface area (Å²) in [5, 5.41) is 0. The molecule has 3 nitrogen and oxygen atoms in total. The van der Waals surface area contributed by atoms with Crippen LogP contribution in [0.3, 0.4) is 0 Å². The largest absolute Gasteiger partial charge is 0.496 e. The van der Waals surface area contributed by atoms with Crippen LogP contribution in [-0.4, -0.2) is 29.6 Å². The van der Waals surface area contributed by atoms with Gasteiger partial charge in [0.1, 0.15) is 5.75 Å². The highest BCUT2D eigenvalue weighted by atomic mass is 32.1. The first-order chi connectivity index (χ1) is 8.04. The maximum atomic E-state index is 5.61. The molecule has 0 amide bonds. The molecule has 0 spiro atoms. The predicted molar refractivity (Wildman–Crippen MR) is 75.3 cm³/mol. The number of benzene rings is 1. The van der Waals surface area contributed by atoms with E-state index in [0.717, 1.165) is 17.9 Å². The van der Waals surface area contributed by atoms with Gasteiger partial charge in [0.15, 0.2) is 0 Å². The number of nitrogens with two attached hydrogens (primary N) is 1. The van der Waals surface area contributed by atoms with E-state index in [9.17, 15) is 0 Å². The Labute approximate surface area is 109 Å². The smallest absolute Gasteiger partial charge is 0.123 e. The summed E-state index contributed by atoms with van der Waals surface area (Å²) in [5.41, 5.74) is 6.77. The molecule has 0 aromatic heterocycles. The van der Waals surface area contributed by atoms with Crippen LogP contribution in [-0.2, 0) is 6.54 Å². The molecule has 2 N–H and O–H groups in total. The first-order valence-electron chi connectivity index (χ1n) is 5.68. The van der Waals surface area contributed by atoms with Crippen molar-refractivity contribution in [1.82, 2.24) is 4.90 Å². The number of ether oxygens (including phenoxy) is 1. The van der Waals surface area contributed by atoms with Crippen LogP contribution >= 0.6 is 12.2 Å². The van der Waals surface area contributed by atoms with Gasteiger partial charge in [-0.1, -0.05) is 30.4 Å². The van der Waals surface area contributed by atoms with Gasteiger partial charge in [-0.3, -0.25) is 4.90 Å². The fourth-order valence-electron chi connectivity index (χ4n) is 1.67. The lowest BCUT2D eigenvalue weighted by Crippen LogP contribution is -2.37. The molecule has 94 valence electrons. The van der Waals surface area contributed by atoms with Gasteiger partial charge in [0, 0.05) is 24.7 Å². The summed E-state index contributed by atoms with van der Waals surface area (Å²) in [4.78, 5) is 2.74. The number of hydrogen-bond acceptors (Lipinski definition) is 3. The maximum Gasteiger partial charge on any atom is 0.123 e. The summed E-state index contributed by atoms with van der Waals surface area (Å²) in [6.45, 7) is 5.69. The average Bonchev–Trinajstić information content (AvgIpc) is 2.28. The van der Waals surface area contributed by atoms with Crippen LogP contribution < -0.4 is 10.5 Å². The molecule has 0 aliphatic carbocycles. The number of rotatable bonds is 6. The van der Waals surface area contributed by atoms with Crippen molar-refractivity contribution in [3.05, 3.63) is 29.8 Å². The molecular formula is C13H20N2OS. The second-order valence-corrected chi connectivity index (χ2v) is 4.80. The zero-order valence-electron chi connectivity index (χ0n) is 10.6. The van der Waals surface area contributed by atoms with Crippen molar-refractivity contribution in [1.29, 1.82) is 0 Å². The fraction of sp³-hybridized carbons (Fsp3) is 0.462. The van der Waals surface area contributed by atoms with E-state index in [1.807, 2.05) is 18.2 Å². The third-order valence-corrected chi connectivity index (χ3v) is 2.78. The van der Waals surface area contributed by atoms with Gasteiger partial charge in [0.2, 0.25) is 0 Å². The molecule has 0 fully saturated rings. The minimum absolute atomic E-state index is 0.390. The third-order valence-electron chi connectivity index (χ3n) is 2.66. The lowest BCUT2D eigenvalue weighted by atomic mass is 10.1. The molecule has 0 radical (unpaired) electrons. The first-order valence-corrected chi connectivity index (χ1v) is 6.09. The fourth-order valence-corrected chi connectivity index (χ4v) is 1.84. The van der Waals surface area contributed by atoms with E-state index in [1.165, 1.54) is 0 Å². The molecule has 4 heteroatoms. The van der Waals surface area contributed by atoms with Crippen LogP contribution in [0, 0.1) is 0 Å². The van der Waals surface area contributed by atoms with E-state index in [0.29, 0.717) is 17.6 Å². The average molecular weight is 252 g/mol. The number of methoxy groups -OCH3 is 1. The predicted octanol–water partition coefficient (Wildman–Crippen LogP) is 2.19. The molecule has 1 rings (SSSR count). The lowest BCUT2D eigenvalue weighted by Gasteiger charge is -2.26. The molecule has 0 bridgehead atoms. The zero-order valence-corrected chi connectivity index (χ0v) is 11.5. The van der Waals surface area contributed by atoms with E-state index in [2.05, 4.69) is 24.8 Å². The Bertz CT molecular complexity index is 379. The maximum absolute atomic E-state index is 5.61. The number of thiocarbonyl (C=S) groups is 1. The highest BCUT2D eigenvalue weighted by Gasteiger charge is 2.13. The van der Waals surface area contributed by atoms with Gasteiger partial charge >= 0.3 is 0 Å². The van der Waals surface area contributed by atoms with Crippen molar-refractivity contribution in [3.63, 3.8) is 0 Å². The van der Waals surface area contributed by atoms with Gasteiger partial charge in [-0.15, -0.1) is 0 Å². The van der Waals surface area contributed by atoms with Gasteiger partial charge in [-0.25, -0.2) is 0 Å². The highest BCUT2D eigenvalue weighted by molar-refractivity contribution is 7.80. The van der Waals surface area contributed by atoms with Gasteiger partial charge in [-0.2, -0.15) is 0 Å². The van der Waals surface area contributed by atoms with Crippen molar-refractivity contribution in [3.8, 4) is 5.75 Å². The minimum atomic E-state index is 0.390. The molecule has 17 heavy (non-hydrogen) atoms. The summed E-state index contributed by atoms with van der Waals surface area (Å²) >= 11 is 4.97. The number of nitrogens with zero attached hydrogens (tertiary/aromatic N) is 1. The Morgan fingerprint density at radius 1 is 1.41 bits per heavy atom. The van der Waals surface area contributed by atoms with Crippen molar-refractivity contribution < 1.29 is 4.74 Å². The second-order valence-electron chi connectivity index (χ2n) is 4.28. The molecule has 0 heterocycles. The van der Waals surface area contributed by atoms with E-state index in [4.69, 9.17) is 22.7 Å². The van der Waals surface area contributed by atoms with Gasteiger partial charge in [0.05, 0.1) is 12.1 Å². The topological polar surface area (TPSA) is 38.5 Å². The number of hydrogen-bond donors (Lipinski definition) is 1. The Kier molecular flexibility index (Phi) is 5.38. The van der Waals surface area contributed by atoms with Gasteiger partial charge < -0.3 is 10.5 Å². The van der Waals surface area contributed by atoms with Crippen LogP contribution in [0.5, 0.6) is 5.75 Å². The van der Waals surface area contributed by atoms with Crippen molar-refractivity contribution in [2.45, 2.75) is 26.4 Å². The van der Waals surface area contributed by atoms with Crippen molar-refractivity contribution in [2.75, 3.05) is 13.7 Å². The summed E-state index contributed by atoms with van der Waals surface area (Å²) < 4.78 is 5.34. The van der Waals surface area contributed by atoms with Crippen LogP contribution in [0.2, 0.25) is 0 Å². The van der Waals surface area contributed by atoms with Crippen LogP contribution in [0.15, 0.2) is 24.3 Å². The second kappa shape index (κ2) is 6.57. The Morgan fingerprint density at radius 3 is 2.59 bits per heavy atom. The van der Waals surface area contributed by atoms with Gasteiger partial charge in [0.25, 0.3) is 0 Å². The third kappa shape index (κ3) is 4.32. The van der Waals surface area contributed by atoms with Crippen molar-refractivity contribution >= 4 is 17.2 Å². The first kappa shape index (κ1) is 13.9. The highest BCUT2D eigenvalue weighted by Crippen LogP contribution is 2.20. The van der Waals surface area contributed by atoms with E-state index in [-0.39, 0.29) is 0 Å². The molecule has 0 atom stereocenters. The summed E-state index contributed by atoms with van der Waals surface area (Å²) in [6.07, 6.45) is 0. The Hall–Kier alpha value is -1.13. The van der Waals surface area contributed by atoms with Crippen molar-refractivity contribution in [2.24, 2.45) is 5.73 Å². The summed E-state index contributed by atoms with van der Waals surface area (Å²) in [7, 11) is 1.69. The van der Waals surface area contributed by atoms with E-state index < -0.39 is 0 Å². The SMILES string of the molecule is COc1ccccc1CN(CC(N)=S)C(C)C. The Balaban J connectivity index is 2.81. The molecule has 0 unspecified atom stereocenters.